The van der Waals surface area contributed by atoms with Crippen molar-refractivity contribution in [3.8, 4) is 6.07 Å². The molecule has 0 aromatic heterocycles. The summed E-state index contributed by atoms with van der Waals surface area (Å²) in [5, 5.41) is 23.7. The summed E-state index contributed by atoms with van der Waals surface area (Å²) in [6.45, 7) is 4.26. The number of piperidine rings is 2. The zero-order chi connectivity index (χ0) is 22.4. The lowest BCUT2D eigenvalue weighted by Crippen LogP contribution is -2.54. The minimum atomic E-state index is -1.16. The Morgan fingerprint density at radius 2 is 1.41 bits per heavy atom. The fraction of sp³-hybridized carbons (Fsp3) is 0.519. The molecule has 1 N–H and O–H groups in total. The first-order chi connectivity index (χ1) is 15.6. The molecule has 2 unspecified atom stereocenters. The van der Waals surface area contributed by atoms with Crippen LogP contribution in [0.15, 0.2) is 54.6 Å². The fourth-order valence-electron chi connectivity index (χ4n) is 5.48. The molecule has 0 radical (unpaired) electrons. The molecule has 0 amide bonds. The highest BCUT2D eigenvalue weighted by Gasteiger charge is 2.47. The van der Waals surface area contributed by atoms with Crippen molar-refractivity contribution in [3.63, 3.8) is 0 Å². The molecular formula is C27H34ClN3O. The zero-order valence-corrected chi connectivity index (χ0v) is 19.6. The van der Waals surface area contributed by atoms with E-state index in [1.165, 1.54) is 12.8 Å². The zero-order valence-electron chi connectivity index (χ0n) is 18.8. The molecule has 2 fully saturated rings. The normalized spacial score (nSPS) is 21.9. The van der Waals surface area contributed by atoms with E-state index in [1.807, 2.05) is 54.6 Å². The van der Waals surface area contributed by atoms with Crippen molar-refractivity contribution >= 4 is 11.6 Å². The van der Waals surface area contributed by atoms with Gasteiger partial charge in [-0.25, -0.2) is 0 Å². The van der Waals surface area contributed by atoms with Crippen molar-refractivity contribution < 1.29 is 5.11 Å². The summed E-state index contributed by atoms with van der Waals surface area (Å²) in [5.74, 6) is 0. The highest BCUT2D eigenvalue weighted by Crippen LogP contribution is 2.42. The molecule has 2 aromatic carbocycles. The Morgan fingerprint density at radius 3 is 2.00 bits per heavy atom. The Labute approximate surface area is 197 Å². The average molecular weight is 452 g/mol. The number of halogens is 1. The van der Waals surface area contributed by atoms with Crippen LogP contribution in [0.25, 0.3) is 0 Å². The molecule has 32 heavy (non-hydrogen) atoms. The van der Waals surface area contributed by atoms with Crippen molar-refractivity contribution in [1.82, 2.24) is 9.80 Å². The van der Waals surface area contributed by atoms with Gasteiger partial charge < -0.3 is 10.0 Å². The smallest absolute Gasteiger partial charge is 0.137 e. The number of hydrogen-bond donors (Lipinski definition) is 1. The molecule has 0 spiro atoms. The maximum Gasteiger partial charge on any atom is 0.137 e. The Hall–Kier alpha value is -1.90. The van der Waals surface area contributed by atoms with Crippen LogP contribution in [0.4, 0.5) is 0 Å². The number of benzene rings is 2. The molecule has 2 aliphatic heterocycles. The molecule has 0 aliphatic carbocycles. The maximum atomic E-state index is 12.3. The number of likely N-dealkylation sites (tertiary alicyclic amines) is 2. The van der Waals surface area contributed by atoms with Gasteiger partial charge in [0.1, 0.15) is 11.1 Å². The highest BCUT2D eigenvalue weighted by molar-refractivity contribution is 6.30. The van der Waals surface area contributed by atoms with Crippen molar-refractivity contribution in [1.29, 1.82) is 5.26 Å². The summed E-state index contributed by atoms with van der Waals surface area (Å²) in [6.07, 6.45) is 7.26. The minimum absolute atomic E-state index is 0.332. The van der Waals surface area contributed by atoms with Gasteiger partial charge in [0.05, 0.1) is 6.07 Å². The summed E-state index contributed by atoms with van der Waals surface area (Å²) < 4.78 is 0. The summed E-state index contributed by atoms with van der Waals surface area (Å²) >= 11 is 6.18. The van der Waals surface area contributed by atoms with Crippen LogP contribution >= 0.6 is 11.6 Å². The van der Waals surface area contributed by atoms with Gasteiger partial charge in [-0.3, -0.25) is 4.90 Å². The summed E-state index contributed by atoms with van der Waals surface area (Å²) in [4.78, 5) is 4.67. The average Bonchev–Trinajstić information content (AvgIpc) is 2.85. The molecule has 0 bridgehead atoms. The van der Waals surface area contributed by atoms with E-state index in [9.17, 15) is 10.4 Å². The lowest BCUT2D eigenvalue weighted by Gasteiger charge is -2.47. The van der Waals surface area contributed by atoms with Crippen LogP contribution in [0.1, 0.15) is 56.1 Å². The monoisotopic (exact) mass is 451 g/mol. The van der Waals surface area contributed by atoms with Crippen LogP contribution < -0.4 is 0 Å². The number of aliphatic hydroxyl groups is 1. The predicted octanol–water partition coefficient (Wildman–Crippen LogP) is 5.31. The van der Waals surface area contributed by atoms with Gasteiger partial charge in [0.15, 0.2) is 0 Å². The standard InChI is InChI=1S/C27H34ClN3O/c28-25-14-12-24(13-15-25)27(32,22-30-16-6-2-7-17-30)20-26(21-29,23-10-4-1-5-11-23)31-18-8-3-9-19-31/h1,4-5,10-15,32H,2-3,6-9,16-20,22H2. The van der Waals surface area contributed by atoms with Crippen LogP contribution in [0.3, 0.4) is 0 Å². The first-order valence-electron chi connectivity index (χ1n) is 12.0. The Kier molecular flexibility index (Phi) is 7.53. The molecule has 2 heterocycles. The first kappa shape index (κ1) is 23.3. The molecule has 2 aromatic rings. The molecule has 170 valence electrons. The Morgan fingerprint density at radius 1 is 0.812 bits per heavy atom. The Bertz CT molecular complexity index is 901. The van der Waals surface area contributed by atoms with Gasteiger partial charge in [0, 0.05) is 18.0 Å². The molecule has 2 saturated heterocycles. The first-order valence-corrected chi connectivity index (χ1v) is 12.4. The largest absolute Gasteiger partial charge is 0.384 e. The van der Waals surface area contributed by atoms with Crippen LogP contribution in [0.5, 0.6) is 0 Å². The van der Waals surface area contributed by atoms with Crippen LogP contribution in [0.2, 0.25) is 5.02 Å². The summed E-state index contributed by atoms with van der Waals surface area (Å²) in [5.41, 5.74) is -0.243. The lowest BCUT2D eigenvalue weighted by molar-refractivity contribution is -0.0536. The van der Waals surface area contributed by atoms with Gasteiger partial charge in [-0.05, 0) is 75.1 Å². The number of β-amino-alcohol motifs (C(OH)–C–C–N with tert-alkyl or cyclic N) is 1. The summed E-state index contributed by atoms with van der Waals surface area (Å²) in [7, 11) is 0. The highest BCUT2D eigenvalue weighted by atomic mass is 35.5. The fourth-order valence-corrected chi connectivity index (χ4v) is 5.61. The van der Waals surface area contributed by atoms with Crippen LogP contribution in [0, 0.1) is 11.3 Å². The maximum absolute atomic E-state index is 12.3. The van der Waals surface area contributed by atoms with Crippen molar-refractivity contribution in [3.05, 3.63) is 70.7 Å². The van der Waals surface area contributed by atoms with Crippen LogP contribution in [-0.2, 0) is 11.1 Å². The summed E-state index contributed by atoms with van der Waals surface area (Å²) in [6, 6.07) is 20.3. The number of nitrogens with zero attached hydrogens (tertiary/aromatic N) is 3. The quantitative estimate of drug-likeness (QED) is 0.619. The second-order valence-corrected chi connectivity index (χ2v) is 9.87. The van der Waals surface area contributed by atoms with Crippen molar-refractivity contribution in [2.45, 2.75) is 56.1 Å². The number of rotatable bonds is 7. The topological polar surface area (TPSA) is 50.5 Å². The van der Waals surface area contributed by atoms with Crippen molar-refractivity contribution in [2.24, 2.45) is 0 Å². The SMILES string of the molecule is N#CC(CC(O)(CN1CCCCC1)c1ccc(Cl)cc1)(c1ccccc1)N1CCCCC1. The molecule has 4 rings (SSSR count). The Balaban J connectivity index is 1.76. The van der Waals surface area contributed by atoms with E-state index in [4.69, 9.17) is 11.6 Å². The minimum Gasteiger partial charge on any atom is -0.384 e. The van der Waals surface area contributed by atoms with Gasteiger partial charge in [-0.2, -0.15) is 5.26 Å². The number of nitriles is 1. The van der Waals surface area contributed by atoms with E-state index < -0.39 is 11.1 Å². The van der Waals surface area contributed by atoms with E-state index in [1.54, 1.807) is 0 Å². The molecule has 2 atom stereocenters. The molecule has 2 aliphatic rings. The molecule has 5 heteroatoms. The van der Waals surface area contributed by atoms with E-state index in [0.29, 0.717) is 18.0 Å². The molecule has 0 saturated carbocycles. The van der Waals surface area contributed by atoms with Gasteiger partial charge in [-0.1, -0.05) is 66.9 Å². The molecule has 4 nitrogen and oxygen atoms in total. The number of hydrogen-bond acceptors (Lipinski definition) is 4. The second-order valence-electron chi connectivity index (χ2n) is 9.44. The van der Waals surface area contributed by atoms with Crippen LogP contribution in [-0.4, -0.2) is 47.6 Å². The third-order valence-corrected chi connectivity index (χ3v) is 7.45. The van der Waals surface area contributed by atoms with Crippen molar-refractivity contribution in [2.75, 3.05) is 32.7 Å². The third kappa shape index (κ3) is 5.02. The van der Waals surface area contributed by atoms with Gasteiger partial charge in [-0.15, -0.1) is 0 Å². The predicted molar refractivity (Wildman–Crippen MR) is 129 cm³/mol. The second kappa shape index (κ2) is 10.4. The van der Waals surface area contributed by atoms with Gasteiger partial charge in [0.2, 0.25) is 0 Å². The third-order valence-electron chi connectivity index (χ3n) is 7.20. The van der Waals surface area contributed by atoms with E-state index in [2.05, 4.69) is 15.9 Å². The van der Waals surface area contributed by atoms with E-state index in [-0.39, 0.29) is 0 Å². The van der Waals surface area contributed by atoms with Gasteiger partial charge in [0.25, 0.3) is 0 Å². The van der Waals surface area contributed by atoms with E-state index >= 15 is 0 Å². The molecular weight excluding hydrogens is 418 g/mol. The lowest BCUT2D eigenvalue weighted by atomic mass is 9.75. The van der Waals surface area contributed by atoms with Gasteiger partial charge >= 0.3 is 0 Å². The van der Waals surface area contributed by atoms with E-state index in [0.717, 1.165) is 63.0 Å².